The molecule has 2 aliphatic rings. The van der Waals surface area contributed by atoms with Gasteiger partial charge >= 0.3 is 0 Å². The number of para-hydroxylation sites is 1. The van der Waals surface area contributed by atoms with Crippen LogP contribution < -0.4 is 0 Å². The van der Waals surface area contributed by atoms with Gasteiger partial charge in [0.05, 0.1) is 19.3 Å². The second-order valence-electron chi connectivity index (χ2n) is 7.95. The van der Waals surface area contributed by atoms with Crippen LogP contribution in [0.4, 0.5) is 0 Å². The minimum Gasteiger partial charge on any atom is -0.350 e. The normalized spacial score (nSPS) is 20.7. The Labute approximate surface area is 166 Å². The van der Waals surface area contributed by atoms with E-state index in [1.807, 2.05) is 0 Å². The monoisotopic (exact) mass is 376 g/mol. The molecule has 2 aromatic carbocycles. The molecule has 4 heteroatoms. The number of aromatic nitrogens is 1. The van der Waals surface area contributed by atoms with Crippen LogP contribution in [0.5, 0.6) is 0 Å². The van der Waals surface area contributed by atoms with Gasteiger partial charge in [0.25, 0.3) is 0 Å². The molecule has 0 amide bonds. The molecule has 3 heterocycles. The third kappa shape index (κ3) is 3.26. The second kappa shape index (κ2) is 7.70. The van der Waals surface area contributed by atoms with E-state index >= 15 is 0 Å². The number of fused-ring (bicyclic) bond motifs is 3. The number of nitrogens with zero attached hydrogens (tertiary/aromatic N) is 2. The molecule has 1 aromatic heterocycles. The van der Waals surface area contributed by atoms with E-state index in [4.69, 9.17) is 9.47 Å². The predicted octanol–water partition coefficient (Wildman–Crippen LogP) is 4.37. The van der Waals surface area contributed by atoms with Crippen molar-refractivity contribution in [1.29, 1.82) is 0 Å². The van der Waals surface area contributed by atoms with E-state index in [1.165, 1.54) is 27.7 Å². The fourth-order valence-corrected chi connectivity index (χ4v) is 4.85. The zero-order valence-corrected chi connectivity index (χ0v) is 16.5. The molecule has 1 fully saturated rings. The number of rotatable bonds is 5. The van der Waals surface area contributed by atoms with Gasteiger partial charge in [-0.15, -0.1) is 0 Å². The Morgan fingerprint density at radius 1 is 0.929 bits per heavy atom. The van der Waals surface area contributed by atoms with E-state index in [0.717, 1.165) is 45.6 Å². The average Bonchev–Trinajstić information content (AvgIpc) is 3.35. The van der Waals surface area contributed by atoms with Gasteiger partial charge in [-0.25, -0.2) is 0 Å². The van der Waals surface area contributed by atoms with Crippen LogP contribution in [0.15, 0.2) is 54.6 Å². The summed E-state index contributed by atoms with van der Waals surface area (Å²) in [5.74, 6) is 0. The molecule has 2 aliphatic heterocycles. The Balaban J connectivity index is 1.56. The summed E-state index contributed by atoms with van der Waals surface area (Å²) in [5, 5.41) is 1.42. The Bertz CT molecular complexity index is 944. The highest BCUT2D eigenvalue weighted by atomic mass is 16.7. The van der Waals surface area contributed by atoms with Gasteiger partial charge in [0.15, 0.2) is 6.29 Å². The first-order valence-corrected chi connectivity index (χ1v) is 10.4. The van der Waals surface area contributed by atoms with Crippen molar-refractivity contribution in [2.75, 3.05) is 26.8 Å². The maximum Gasteiger partial charge on any atom is 0.157 e. The highest BCUT2D eigenvalue weighted by molar-refractivity contribution is 5.86. The summed E-state index contributed by atoms with van der Waals surface area (Å²) in [7, 11) is 2.26. The molecule has 146 valence electrons. The summed E-state index contributed by atoms with van der Waals surface area (Å²) < 4.78 is 14.0. The van der Waals surface area contributed by atoms with Crippen molar-refractivity contribution in [2.45, 2.75) is 38.1 Å². The molecule has 4 nitrogen and oxygen atoms in total. The quantitative estimate of drug-likeness (QED) is 0.661. The van der Waals surface area contributed by atoms with Gasteiger partial charge in [-0.2, -0.15) is 0 Å². The summed E-state index contributed by atoms with van der Waals surface area (Å²) in [6, 6.07) is 20.1. The van der Waals surface area contributed by atoms with Crippen molar-refractivity contribution in [3.63, 3.8) is 0 Å². The maximum atomic E-state index is 5.70. The molecule has 0 spiro atoms. The van der Waals surface area contributed by atoms with Crippen LogP contribution >= 0.6 is 0 Å². The molecular weight excluding hydrogens is 348 g/mol. The zero-order chi connectivity index (χ0) is 18.9. The van der Waals surface area contributed by atoms with Crippen LogP contribution in [0.1, 0.15) is 35.7 Å². The van der Waals surface area contributed by atoms with Crippen molar-refractivity contribution in [1.82, 2.24) is 9.47 Å². The lowest BCUT2D eigenvalue weighted by Crippen LogP contribution is -2.34. The van der Waals surface area contributed by atoms with E-state index in [-0.39, 0.29) is 6.29 Å². The van der Waals surface area contributed by atoms with Crippen molar-refractivity contribution < 1.29 is 9.47 Å². The van der Waals surface area contributed by atoms with Gasteiger partial charge in [-0.1, -0.05) is 48.5 Å². The Morgan fingerprint density at radius 3 is 2.50 bits per heavy atom. The molecule has 5 rings (SSSR count). The summed E-state index contributed by atoms with van der Waals surface area (Å²) in [6.07, 6.45) is 3.08. The Morgan fingerprint density at radius 2 is 1.68 bits per heavy atom. The molecule has 1 unspecified atom stereocenters. The Hall–Kier alpha value is -2.14. The fourth-order valence-electron chi connectivity index (χ4n) is 4.85. The van der Waals surface area contributed by atoms with E-state index in [0.29, 0.717) is 6.04 Å². The van der Waals surface area contributed by atoms with Crippen LogP contribution in [0.3, 0.4) is 0 Å². The summed E-state index contributed by atoms with van der Waals surface area (Å²) >= 11 is 0. The van der Waals surface area contributed by atoms with Gasteiger partial charge < -0.3 is 14.0 Å². The fraction of sp³-hybridized carbons (Fsp3) is 0.417. The van der Waals surface area contributed by atoms with Crippen LogP contribution in [-0.4, -0.2) is 42.6 Å². The lowest BCUT2D eigenvalue weighted by Gasteiger charge is -2.35. The summed E-state index contributed by atoms with van der Waals surface area (Å²) in [5.41, 5.74) is 5.71. The molecule has 0 radical (unpaired) electrons. The van der Waals surface area contributed by atoms with Crippen molar-refractivity contribution in [3.8, 4) is 0 Å². The largest absolute Gasteiger partial charge is 0.350 e. The van der Waals surface area contributed by atoms with Gasteiger partial charge in [0, 0.05) is 36.1 Å². The van der Waals surface area contributed by atoms with Gasteiger partial charge in [-0.3, -0.25) is 4.90 Å². The molecule has 0 saturated carbocycles. The molecule has 0 N–H and O–H groups in total. The molecule has 0 aliphatic carbocycles. The van der Waals surface area contributed by atoms with Crippen LogP contribution in [-0.2, 0) is 22.4 Å². The van der Waals surface area contributed by atoms with Gasteiger partial charge in [-0.05, 0) is 37.1 Å². The lowest BCUT2D eigenvalue weighted by molar-refractivity contribution is -0.0518. The lowest BCUT2D eigenvalue weighted by atomic mass is 9.94. The molecular formula is C24H28N2O2. The minimum atomic E-state index is -0.0364. The summed E-state index contributed by atoms with van der Waals surface area (Å²) in [4.78, 5) is 2.51. The first-order chi connectivity index (χ1) is 13.8. The van der Waals surface area contributed by atoms with E-state index in [1.54, 1.807) is 0 Å². The van der Waals surface area contributed by atoms with E-state index in [9.17, 15) is 0 Å². The Kier molecular flexibility index (Phi) is 4.93. The first kappa shape index (κ1) is 17.9. The third-order valence-electron chi connectivity index (χ3n) is 6.23. The van der Waals surface area contributed by atoms with E-state index in [2.05, 4.69) is 71.1 Å². The van der Waals surface area contributed by atoms with Crippen LogP contribution in [0.2, 0.25) is 0 Å². The van der Waals surface area contributed by atoms with Gasteiger partial charge in [0.2, 0.25) is 0 Å². The molecule has 28 heavy (non-hydrogen) atoms. The standard InChI is InChI=1S/C24H28N2O2/c1-25-14-13-20-19-9-5-6-10-21(19)26(17-18-7-3-2-4-8-18)24(20)22(25)11-12-23-27-15-16-28-23/h2-10,22-23H,11-17H2,1H3. The van der Waals surface area contributed by atoms with Crippen molar-refractivity contribution in [3.05, 3.63) is 71.4 Å². The van der Waals surface area contributed by atoms with Gasteiger partial charge in [0.1, 0.15) is 0 Å². The summed E-state index contributed by atoms with van der Waals surface area (Å²) in [6.45, 7) is 3.47. The third-order valence-corrected chi connectivity index (χ3v) is 6.23. The smallest absolute Gasteiger partial charge is 0.157 e. The maximum absolute atomic E-state index is 5.70. The van der Waals surface area contributed by atoms with Crippen molar-refractivity contribution >= 4 is 10.9 Å². The van der Waals surface area contributed by atoms with Crippen LogP contribution in [0, 0.1) is 0 Å². The SMILES string of the molecule is CN1CCc2c(n(Cc3ccccc3)c3ccccc23)C1CCC1OCCO1. The molecule has 1 saturated heterocycles. The number of likely N-dealkylation sites (N-methyl/N-ethyl adjacent to an activating group) is 1. The average molecular weight is 377 g/mol. The first-order valence-electron chi connectivity index (χ1n) is 10.4. The topological polar surface area (TPSA) is 26.6 Å². The molecule has 0 bridgehead atoms. The predicted molar refractivity (Wildman–Crippen MR) is 111 cm³/mol. The number of hydrogen-bond donors (Lipinski definition) is 0. The van der Waals surface area contributed by atoms with Crippen molar-refractivity contribution in [2.24, 2.45) is 0 Å². The molecule has 3 aromatic rings. The number of benzene rings is 2. The minimum absolute atomic E-state index is 0.0364. The highest BCUT2D eigenvalue weighted by Crippen LogP contribution is 2.39. The number of hydrogen-bond acceptors (Lipinski definition) is 3. The second-order valence-corrected chi connectivity index (χ2v) is 7.95. The molecule has 1 atom stereocenters. The highest BCUT2D eigenvalue weighted by Gasteiger charge is 2.32. The number of ether oxygens (including phenoxy) is 2. The van der Waals surface area contributed by atoms with Crippen LogP contribution in [0.25, 0.3) is 10.9 Å². The zero-order valence-electron chi connectivity index (χ0n) is 16.5. The van der Waals surface area contributed by atoms with E-state index < -0.39 is 0 Å².